The van der Waals surface area contributed by atoms with Gasteiger partial charge in [-0.3, -0.25) is 4.79 Å². The minimum atomic E-state index is 0.114. The highest BCUT2D eigenvalue weighted by atomic mass is 32.1. The number of thiazole rings is 1. The first-order valence-corrected chi connectivity index (χ1v) is 7.84. The van der Waals surface area contributed by atoms with Gasteiger partial charge < -0.3 is 11.1 Å². The summed E-state index contributed by atoms with van der Waals surface area (Å²) in [5.41, 5.74) is 7.02. The second kappa shape index (κ2) is 6.48. The predicted molar refractivity (Wildman–Crippen MR) is 78.2 cm³/mol. The number of carbonyl (C=O) groups is 1. The second-order valence-corrected chi connectivity index (χ2v) is 6.70. The first-order chi connectivity index (χ1) is 9.06. The molecular weight excluding hydrogens is 258 g/mol. The van der Waals surface area contributed by atoms with Crippen molar-refractivity contribution in [2.75, 3.05) is 6.54 Å². The minimum Gasteiger partial charge on any atom is -0.355 e. The van der Waals surface area contributed by atoms with E-state index in [1.54, 1.807) is 11.3 Å². The summed E-state index contributed by atoms with van der Waals surface area (Å²) in [6.07, 6.45) is 4.77. The van der Waals surface area contributed by atoms with Gasteiger partial charge in [-0.15, -0.1) is 11.3 Å². The molecule has 0 aromatic carbocycles. The van der Waals surface area contributed by atoms with Crippen LogP contribution >= 0.6 is 11.3 Å². The molecule has 4 nitrogen and oxygen atoms in total. The fourth-order valence-corrected chi connectivity index (χ4v) is 3.48. The first-order valence-electron chi connectivity index (χ1n) is 7.02. The van der Waals surface area contributed by atoms with Crippen LogP contribution in [0.1, 0.15) is 41.3 Å². The van der Waals surface area contributed by atoms with Gasteiger partial charge in [0.25, 0.3) is 0 Å². The lowest BCUT2D eigenvalue weighted by atomic mass is 9.85. The standard InChI is InChI=1S/C14H23N3OS/c1-9-10(2)19-13(17-9)6-7-16-14(18)11-4-3-5-12(15)8-11/h11-12H,3-8,15H2,1-2H3,(H,16,18). The summed E-state index contributed by atoms with van der Waals surface area (Å²) in [5, 5.41) is 4.13. The Bertz CT molecular complexity index is 424. The van der Waals surface area contributed by atoms with Crippen molar-refractivity contribution in [3.63, 3.8) is 0 Å². The molecule has 106 valence electrons. The smallest absolute Gasteiger partial charge is 0.223 e. The molecule has 3 N–H and O–H groups in total. The van der Waals surface area contributed by atoms with Crippen LogP contribution in [0.4, 0.5) is 0 Å². The van der Waals surface area contributed by atoms with Crippen molar-refractivity contribution in [2.45, 2.75) is 52.0 Å². The second-order valence-electron chi connectivity index (χ2n) is 5.41. The Morgan fingerprint density at radius 2 is 2.26 bits per heavy atom. The Morgan fingerprint density at radius 1 is 1.47 bits per heavy atom. The number of rotatable bonds is 4. The zero-order valence-electron chi connectivity index (χ0n) is 11.7. The average molecular weight is 281 g/mol. The van der Waals surface area contributed by atoms with Gasteiger partial charge in [-0.25, -0.2) is 4.98 Å². The predicted octanol–water partition coefficient (Wildman–Crippen LogP) is 1.94. The topological polar surface area (TPSA) is 68.0 Å². The van der Waals surface area contributed by atoms with Gasteiger partial charge in [0, 0.05) is 29.8 Å². The van der Waals surface area contributed by atoms with Crippen LogP contribution in [0.25, 0.3) is 0 Å². The number of amides is 1. The molecular formula is C14H23N3OS. The van der Waals surface area contributed by atoms with Gasteiger partial charge in [0.15, 0.2) is 0 Å². The van der Waals surface area contributed by atoms with Crippen LogP contribution in [-0.2, 0) is 11.2 Å². The molecule has 2 unspecified atom stereocenters. The van der Waals surface area contributed by atoms with Crippen molar-refractivity contribution in [2.24, 2.45) is 11.7 Å². The number of nitrogens with one attached hydrogen (secondary N) is 1. The molecule has 0 saturated heterocycles. The van der Waals surface area contributed by atoms with Gasteiger partial charge in [-0.2, -0.15) is 0 Å². The molecule has 1 aliphatic rings. The van der Waals surface area contributed by atoms with Gasteiger partial charge in [-0.1, -0.05) is 6.42 Å². The number of aryl methyl sites for hydroxylation is 2. The summed E-state index contributed by atoms with van der Waals surface area (Å²) in [5.74, 6) is 0.281. The van der Waals surface area contributed by atoms with Gasteiger partial charge in [-0.05, 0) is 33.1 Å². The largest absolute Gasteiger partial charge is 0.355 e. The highest BCUT2D eigenvalue weighted by Crippen LogP contribution is 2.23. The van der Waals surface area contributed by atoms with Crippen LogP contribution in [0.3, 0.4) is 0 Å². The molecule has 1 fully saturated rings. The van der Waals surface area contributed by atoms with Crippen LogP contribution in [0, 0.1) is 19.8 Å². The fourth-order valence-electron chi connectivity index (χ4n) is 2.55. The van der Waals surface area contributed by atoms with E-state index >= 15 is 0 Å². The Kier molecular flexibility index (Phi) is 4.93. The first kappa shape index (κ1) is 14.5. The highest BCUT2D eigenvalue weighted by Gasteiger charge is 2.24. The molecule has 1 saturated carbocycles. The van der Waals surface area contributed by atoms with Gasteiger partial charge in [0.2, 0.25) is 5.91 Å². The number of nitrogens with two attached hydrogens (primary N) is 1. The number of hydrogen-bond donors (Lipinski definition) is 2. The van der Waals surface area contributed by atoms with Gasteiger partial charge in [0.05, 0.1) is 10.7 Å². The van der Waals surface area contributed by atoms with Crippen molar-refractivity contribution in [3.8, 4) is 0 Å². The van der Waals surface area contributed by atoms with E-state index in [1.165, 1.54) is 4.88 Å². The maximum absolute atomic E-state index is 12.0. The Morgan fingerprint density at radius 3 is 2.89 bits per heavy atom. The molecule has 1 amide bonds. The zero-order chi connectivity index (χ0) is 13.8. The van der Waals surface area contributed by atoms with Crippen LogP contribution in [-0.4, -0.2) is 23.5 Å². The molecule has 5 heteroatoms. The van der Waals surface area contributed by atoms with Gasteiger partial charge in [0.1, 0.15) is 0 Å². The highest BCUT2D eigenvalue weighted by molar-refractivity contribution is 7.11. The third-order valence-corrected chi connectivity index (χ3v) is 4.93. The number of carbonyl (C=O) groups excluding carboxylic acids is 1. The average Bonchev–Trinajstić information content (AvgIpc) is 2.68. The van der Waals surface area contributed by atoms with Crippen molar-refractivity contribution in [1.82, 2.24) is 10.3 Å². The summed E-state index contributed by atoms with van der Waals surface area (Å²) in [7, 11) is 0. The van der Waals surface area contributed by atoms with Gasteiger partial charge >= 0.3 is 0 Å². The summed E-state index contributed by atoms with van der Waals surface area (Å²) in [6, 6.07) is 0.203. The minimum absolute atomic E-state index is 0.114. The summed E-state index contributed by atoms with van der Waals surface area (Å²) in [4.78, 5) is 17.8. The lowest BCUT2D eigenvalue weighted by Gasteiger charge is -2.25. The third kappa shape index (κ3) is 4.01. The van der Waals surface area contributed by atoms with E-state index < -0.39 is 0 Å². The van der Waals surface area contributed by atoms with E-state index in [9.17, 15) is 4.79 Å². The monoisotopic (exact) mass is 281 g/mol. The molecule has 1 aromatic rings. The van der Waals surface area contributed by atoms with E-state index in [0.29, 0.717) is 6.54 Å². The zero-order valence-corrected chi connectivity index (χ0v) is 12.6. The maximum atomic E-state index is 12.0. The summed E-state index contributed by atoms with van der Waals surface area (Å²) < 4.78 is 0. The molecule has 2 rings (SSSR count). The molecule has 1 aromatic heterocycles. The SMILES string of the molecule is Cc1nc(CCNC(=O)C2CCCC(N)C2)sc1C. The summed E-state index contributed by atoms with van der Waals surface area (Å²) >= 11 is 1.72. The fraction of sp³-hybridized carbons (Fsp3) is 0.714. The van der Waals surface area contributed by atoms with Crippen LogP contribution in [0.2, 0.25) is 0 Å². The van der Waals surface area contributed by atoms with E-state index in [0.717, 1.165) is 42.8 Å². The Balaban J connectivity index is 1.74. The molecule has 19 heavy (non-hydrogen) atoms. The maximum Gasteiger partial charge on any atom is 0.223 e. The lowest BCUT2D eigenvalue weighted by molar-refractivity contribution is -0.126. The molecule has 0 radical (unpaired) electrons. The molecule has 2 atom stereocenters. The number of aromatic nitrogens is 1. The molecule has 1 aliphatic carbocycles. The van der Waals surface area contributed by atoms with E-state index in [1.807, 2.05) is 6.92 Å². The third-order valence-electron chi connectivity index (χ3n) is 3.80. The molecule has 0 bridgehead atoms. The van der Waals surface area contributed by atoms with Crippen molar-refractivity contribution in [1.29, 1.82) is 0 Å². The molecule has 0 aliphatic heterocycles. The van der Waals surface area contributed by atoms with Crippen molar-refractivity contribution >= 4 is 17.2 Å². The Hall–Kier alpha value is -0.940. The van der Waals surface area contributed by atoms with E-state index in [2.05, 4.69) is 17.2 Å². The van der Waals surface area contributed by atoms with Crippen molar-refractivity contribution < 1.29 is 4.79 Å². The molecule has 1 heterocycles. The van der Waals surface area contributed by atoms with E-state index in [-0.39, 0.29) is 17.9 Å². The van der Waals surface area contributed by atoms with E-state index in [4.69, 9.17) is 5.73 Å². The quantitative estimate of drug-likeness (QED) is 0.886. The normalized spacial score (nSPS) is 23.3. The lowest BCUT2D eigenvalue weighted by Crippen LogP contribution is -2.38. The Labute approximate surface area is 118 Å². The van der Waals surface area contributed by atoms with Crippen molar-refractivity contribution in [3.05, 3.63) is 15.6 Å². The van der Waals surface area contributed by atoms with Crippen LogP contribution in [0.15, 0.2) is 0 Å². The number of hydrogen-bond acceptors (Lipinski definition) is 4. The summed E-state index contributed by atoms with van der Waals surface area (Å²) in [6.45, 7) is 4.78. The van der Waals surface area contributed by atoms with Crippen LogP contribution < -0.4 is 11.1 Å². The number of nitrogens with zero attached hydrogens (tertiary/aromatic N) is 1. The van der Waals surface area contributed by atoms with Crippen LogP contribution in [0.5, 0.6) is 0 Å². The molecule has 0 spiro atoms.